The average Bonchev–Trinajstić information content (AvgIpc) is 3.38. The zero-order valence-corrected chi connectivity index (χ0v) is 39.7. The number of methoxy groups -OCH3 is 2. The summed E-state index contributed by atoms with van der Waals surface area (Å²) in [6.45, 7) is 8.20. The molecule has 0 bridgehead atoms. The number of benzene rings is 4. The highest BCUT2D eigenvalue weighted by Gasteiger charge is 2.50. The van der Waals surface area contributed by atoms with Crippen LogP contribution in [-0.2, 0) is 19.7 Å². The summed E-state index contributed by atoms with van der Waals surface area (Å²) in [5, 5.41) is 23.7. The lowest BCUT2D eigenvalue weighted by molar-refractivity contribution is 0.0173. The van der Waals surface area contributed by atoms with E-state index in [0.717, 1.165) is 46.6 Å². The molecule has 0 spiro atoms. The van der Waals surface area contributed by atoms with Crippen molar-refractivity contribution in [2.24, 2.45) is 10.8 Å². The molecular formula is C48H64O8S4. The van der Waals surface area contributed by atoms with Gasteiger partial charge in [-0.25, -0.2) is 16.8 Å². The maximum absolute atomic E-state index is 13.5. The summed E-state index contributed by atoms with van der Waals surface area (Å²) < 4.78 is 65.0. The Balaban J connectivity index is 0.000000228. The van der Waals surface area contributed by atoms with Crippen molar-refractivity contribution >= 4 is 43.2 Å². The minimum Gasteiger partial charge on any atom is -0.497 e. The predicted octanol–water partition coefficient (Wildman–Crippen LogP) is 10.6. The minimum absolute atomic E-state index is 0.0241. The highest BCUT2D eigenvalue weighted by molar-refractivity contribution is 7.98. The van der Waals surface area contributed by atoms with Crippen LogP contribution in [0.3, 0.4) is 0 Å². The number of aliphatic hydroxyl groups excluding tert-OH is 2. The normalized spacial score (nSPS) is 25.4. The Kier molecular flexibility index (Phi) is 16.4. The second-order valence-corrected chi connectivity index (χ2v) is 22.0. The fraction of sp³-hybridized carbons (Fsp3) is 0.500. The third-order valence-corrected chi connectivity index (χ3v) is 18.4. The van der Waals surface area contributed by atoms with Gasteiger partial charge in [0.15, 0.2) is 19.7 Å². The molecule has 0 saturated carbocycles. The van der Waals surface area contributed by atoms with E-state index in [4.69, 9.17) is 9.47 Å². The third kappa shape index (κ3) is 9.94. The SMILES string of the molecule is CCCC[C@]1(CC)CS(=O)(=O)c2ccc(SC)cc2[C@@H](c2cccc(OC)c2)[C@H]1O.CCCC[C@]1(CC)CS(=O)(=O)c2ccc(SC)cc2[C@H](c2cccc(OC)c2)[C@@H]1O. The molecule has 2 aliphatic rings. The molecule has 6 atom stereocenters. The zero-order chi connectivity index (χ0) is 43.9. The Morgan fingerprint density at radius 3 is 1.30 bits per heavy atom. The molecule has 328 valence electrons. The van der Waals surface area contributed by atoms with Crippen molar-refractivity contribution in [2.75, 3.05) is 38.2 Å². The Morgan fingerprint density at radius 1 is 0.600 bits per heavy atom. The van der Waals surface area contributed by atoms with E-state index in [1.165, 1.54) is 0 Å². The molecule has 0 amide bonds. The van der Waals surface area contributed by atoms with Crippen LogP contribution in [0.5, 0.6) is 11.5 Å². The van der Waals surface area contributed by atoms with Gasteiger partial charge in [0, 0.05) is 32.5 Å². The van der Waals surface area contributed by atoms with Crippen LogP contribution in [0.4, 0.5) is 0 Å². The Morgan fingerprint density at radius 2 is 0.983 bits per heavy atom. The van der Waals surface area contributed by atoms with Gasteiger partial charge >= 0.3 is 0 Å². The van der Waals surface area contributed by atoms with E-state index in [1.807, 2.05) is 99.2 Å². The summed E-state index contributed by atoms with van der Waals surface area (Å²) >= 11 is 3.15. The van der Waals surface area contributed by atoms with Crippen LogP contribution in [0.1, 0.15) is 113 Å². The largest absolute Gasteiger partial charge is 0.497 e. The predicted molar refractivity (Wildman–Crippen MR) is 247 cm³/mol. The summed E-state index contributed by atoms with van der Waals surface area (Å²) in [7, 11) is -3.86. The third-order valence-electron chi connectivity index (χ3n) is 13.0. The summed E-state index contributed by atoms with van der Waals surface area (Å²) in [5.41, 5.74) is 1.76. The maximum atomic E-state index is 13.5. The molecule has 2 heterocycles. The lowest BCUT2D eigenvalue weighted by Crippen LogP contribution is -2.42. The van der Waals surface area contributed by atoms with Crippen LogP contribution in [0, 0.1) is 10.8 Å². The van der Waals surface area contributed by atoms with Crippen LogP contribution in [0.25, 0.3) is 0 Å². The monoisotopic (exact) mass is 896 g/mol. The number of unbranched alkanes of at least 4 members (excludes halogenated alkanes) is 2. The maximum Gasteiger partial charge on any atom is 0.179 e. The molecule has 8 nitrogen and oxygen atoms in total. The molecule has 12 heteroatoms. The first-order valence-electron chi connectivity index (χ1n) is 21.1. The van der Waals surface area contributed by atoms with E-state index in [-0.39, 0.29) is 11.5 Å². The molecule has 0 radical (unpaired) electrons. The van der Waals surface area contributed by atoms with Gasteiger partial charge in [0.1, 0.15) is 11.5 Å². The molecular weight excluding hydrogens is 833 g/mol. The Bertz CT molecular complexity index is 2130. The molecule has 6 rings (SSSR count). The van der Waals surface area contributed by atoms with Crippen molar-refractivity contribution in [3.05, 3.63) is 107 Å². The highest BCUT2D eigenvalue weighted by atomic mass is 32.2. The van der Waals surface area contributed by atoms with Gasteiger partial charge in [-0.2, -0.15) is 0 Å². The van der Waals surface area contributed by atoms with Gasteiger partial charge < -0.3 is 19.7 Å². The number of ether oxygens (including phenoxy) is 2. The second kappa shape index (κ2) is 20.5. The molecule has 4 aromatic rings. The topological polar surface area (TPSA) is 127 Å². The molecule has 0 unspecified atom stereocenters. The first kappa shape index (κ1) is 48.0. The molecule has 0 aliphatic carbocycles. The quantitative estimate of drug-likeness (QED) is 0.118. The average molecular weight is 897 g/mol. The van der Waals surface area contributed by atoms with E-state index in [9.17, 15) is 27.0 Å². The van der Waals surface area contributed by atoms with E-state index in [2.05, 4.69) is 13.8 Å². The number of sulfone groups is 2. The Hall–Kier alpha value is -3.00. The standard InChI is InChI=1S/2C24H32O4S2/c2*1-5-7-13-24(6-2)16-30(26,27)21-12-11-19(29-4)15-20(21)22(23(24)25)17-9-8-10-18(14-17)28-3/h2*8-12,14-15,22-23,25H,5-7,13,16H2,1-4H3/t22-,23-,24+;22-,23-,24-/m01/s1. The fourth-order valence-corrected chi connectivity index (χ4v) is 14.8. The van der Waals surface area contributed by atoms with Crippen LogP contribution < -0.4 is 9.47 Å². The molecule has 60 heavy (non-hydrogen) atoms. The van der Waals surface area contributed by atoms with E-state index in [1.54, 1.807) is 49.9 Å². The van der Waals surface area contributed by atoms with Gasteiger partial charge in [-0.05, 0) is 121 Å². The molecule has 0 saturated heterocycles. The molecule has 2 aliphatic heterocycles. The van der Waals surface area contributed by atoms with Crippen molar-refractivity contribution in [1.29, 1.82) is 0 Å². The van der Waals surface area contributed by atoms with Crippen LogP contribution in [0.2, 0.25) is 0 Å². The minimum atomic E-state index is -3.54. The van der Waals surface area contributed by atoms with E-state index < -0.39 is 54.5 Å². The van der Waals surface area contributed by atoms with Crippen LogP contribution in [-0.4, -0.2) is 77.5 Å². The van der Waals surface area contributed by atoms with Gasteiger partial charge in [0.2, 0.25) is 0 Å². The molecule has 0 aromatic heterocycles. The second-order valence-electron chi connectivity index (χ2n) is 16.4. The van der Waals surface area contributed by atoms with Gasteiger partial charge in [0.25, 0.3) is 0 Å². The molecule has 0 fully saturated rings. The van der Waals surface area contributed by atoms with E-state index >= 15 is 0 Å². The van der Waals surface area contributed by atoms with Crippen molar-refractivity contribution in [3.8, 4) is 11.5 Å². The van der Waals surface area contributed by atoms with Crippen LogP contribution >= 0.6 is 23.5 Å². The summed E-state index contributed by atoms with van der Waals surface area (Å²) in [6.07, 6.45) is 8.61. The number of hydrogen-bond acceptors (Lipinski definition) is 10. The lowest BCUT2D eigenvalue weighted by Gasteiger charge is -2.39. The van der Waals surface area contributed by atoms with Gasteiger partial charge in [-0.1, -0.05) is 77.6 Å². The van der Waals surface area contributed by atoms with Crippen LogP contribution in [0.15, 0.2) is 105 Å². The number of thioether (sulfide) groups is 2. The number of fused-ring (bicyclic) bond motifs is 2. The lowest BCUT2D eigenvalue weighted by atomic mass is 9.69. The Labute approximate surface area is 368 Å². The van der Waals surface area contributed by atoms with Gasteiger partial charge in [-0.15, -0.1) is 23.5 Å². The number of rotatable bonds is 14. The number of aliphatic hydroxyl groups is 2. The smallest absolute Gasteiger partial charge is 0.179 e. The summed E-state index contributed by atoms with van der Waals surface area (Å²) in [4.78, 5) is 2.67. The first-order valence-corrected chi connectivity index (χ1v) is 26.8. The van der Waals surface area contributed by atoms with Crippen molar-refractivity contribution < 1.29 is 36.5 Å². The van der Waals surface area contributed by atoms with Gasteiger partial charge in [0.05, 0.1) is 47.7 Å². The number of hydrogen-bond donors (Lipinski definition) is 2. The van der Waals surface area contributed by atoms with Crippen molar-refractivity contribution in [3.63, 3.8) is 0 Å². The first-order chi connectivity index (χ1) is 28.6. The summed E-state index contributed by atoms with van der Waals surface area (Å²) in [6, 6.07) is 26.4. The zero-order valence-electron chi connectivity index (χ0n) is 36.4. The summed E-state index contributed by atoms with van der Waals surface area (Å²) in [5.74, 6) is 0.482. The van der Waals surface area contributed by atoms with Gasteiger partial charge in [-0.3, -0.25) is 0 Å². The molecule has 4 aromatic carbocycles. The molecule has 2 N–H and O–H groups in total. The highest BCUT2D eigenvalue weighted by Crippen LogP contribution is 2.51. The van der Waals surface area contributed by atoms with Crippen molar-refractivity contribution in [2.45, 2.75) is 123 Å². The van der Waals surface area contributed by atoms with E-state index in [0.29, 0.717) is 58.1 Å². The van der Waals surface area contributed by atoms with Crippen molar-refractivity contribution in [1.82, 2.24) is 0 Å². The fourth-order valence-electron chi connectivity index (χ4n) is 9.36.